The topological polar surface area (TPSA) is 41.9 Å². The molecule has 0 saturated carbocycles. The quantitative estimate of drug-likeness (QED) is 0.454. The summed E-state index contributed by atoms with van der Waals surface area (Å²) in [4.78, 5) is 0. The largest absolute Gasteiger partial charge is 0.355 e. The van der Waals surface area contributed by atoms with Crippen LogP contribution in [0.4, 0.5) is 11.4 Å². The lowest BCUT2D eigenvalue weighted by atomic mass is 10.2. The molecular weight excluding hydrogens is 272 g/mol. The van der Waals surface area contributed by atoms with Crippen LogP contribution in [-0.2, 0) is 0 Å². The van der Waals surface area contributed by atoms with Crippen LogP contribution < -0.4 is 9.72 Å². The van der Waals surface area contributed by atoms with Gasteiger partial charge in [-0.1, -0.05) is 23.8 Å². The fourth-order valence-electron chi connectivity index (χ4n) is 2.51. The van der Waals surface area contributed by atoms with Gasteiger partial charge < -0.3 is 5.32 Å². The first kappa shape index (κ1) is 12.7. The highest BCUT2D eigenvalue weighted by atomic mass is 15.2. The number of pyridine rings is 1. The van der Waals surface area contributed by atoms with Gasteiger partial charge in [0.15, 0.2) is 11.0 Å². The first-order valence-electron chi connectivity index (χ1n) is 7.20. The van der Waals surface area contributed by atoms with Crippen LogP contribution in [0.1, 0.15) is 5.56 Å². The Morgan fingerprint density at radius 2 is 1.68 bits per heavy atom. The van der Waals surface area contributed by atoms with Crippen LogP contribution >= 0.6 is 0 Å². The minimum atomic E-state index is 0.836. The molecule has 2 heterocycles. The van der Waals surface area contributed by atoms with E-state index in [1.54, 1.807) is 0 Å². The zero-order valence-electron chi connectivity index (χ0n) is 12.2. The van der Waals surface area contributed by atoms with Crippen molar-refractivity contribution < 1.29 is 4.40 Å². The van der Waals surface area contributed by atoms with Crippen molar-refractivity contribution in [3.05, 3.63) is 72.4 Å². The van der Waals surface area contributed by atoms with Gasteiger partial charge in [-0.3, -0.25) is 0 Å². The Morgan fingerprint density at radius 3 is 2.55 bits per heavy atom. The molecule has 0 amide bonds. The molecule has 0 aliphatic heterocycles. The lowest BCUT2D eigenvalue weighted by molar-refractivity contribution is -0.485. The second-order valence-electron chi connectivity index (χ2n) is 5.32. The van der Waals surface area contributed by atoms with Gasteiger partial charge in [0, 0.05) is 23.5 Å². The third-order valence-corrected chi connectivity index (χ3v) is 3.67. The standard InChI is InChI=1S/C18H14N4/c1-13-5-7-14(8-6-13)19-15-9-10-16-17(12-15)22-11-3-2-4-18(22)21-20-16/h2-12H,1H3/p+1. The molecule has 0 radical (unpaired) electrons. The Hall–Kier alpha value is -3.01. The first-order chi connectivity index (χ1) is 10.8. The van der Waals surface area contributed by atoms with Crippen molar-refractivity contribution >= 4 is 28.1 Å². The van der Waals surface area contributed by atoms with Crippen LogP contribution in [-0.4, -0.2) is 10.2 Å². The number of nitrogens with zero attached hydrogens (tertiary/aromatic N) is 3. The Bertz CT molecular complexity index is 961. The second-order valence-corrected chi connectivity index (χ2v) is 5.32. The van der Waals surface area contributed by atoms with Gasteiger partial charge in [-0.15, -0.1) is 0 Å². The fraction of sp³-hybridized carbons (Fsp3) is 0.0556. The predicted octanol–water partition coefficient (Wildman–Crippen LogP) is 3.42. The molecule has 0 unspecified atom stereocenters. The van der Waals surface area contributed by atoms with Crippen molar-refractivity contribution in [2.24, 2.45) is 0 Å². The molecule has 2 aromatic carbocycles. The molecule has 106 valence electrons. The number of anilines is 2. The smallest absolute Gasteiger partial charge is 0.355 e. The fourth-order valence-corrected chi connectivity index (χ4v) is 2.51. The minimum absolute atomic E-state index is 0.836. The van der Waals surface area contributed by atoms with Crippen LogP contribution in [0.2, 0.25) is 0 Å². The van der Waals surface area contributed by atoms with Crippen molar-refractivity contribution in [3.63, 3.8) is 0 Å². The van der Waals surface area contributed by atoms with Gasteiger partial charge in [0.25, 0.3) is 0 Å². The molecule has 0 saturated heterocycles. The summed E-state index contributed by atoms with van der Waals surface area (Å²) in [5.74, 6) is 0. The van der Waals surface area contributed by atoms with Crippen LogP contribution in [0.25, 0.3) is 16.7 Å². The van der Waals surface area contributed by atoms with Crippen LogP contribution in [0.5, 0.6) is 0 Å². The molecule has 0 spiro atoms. The molecule has 2 aromatic heterocycles. The molecule has 0 bridgehead atoms. The number of benzene rings is 2. The van der Waals surface area contributed by atoms with Crippen molar-refractivity contribution in [1.29, 1.82) is 0 Å². The van der Waals surface area contributed by atoms with Crippen molar-refractivity contribution in [1.82, 2.24) is 10.2 Å². The summed E-state index contributed by atoms with van der Waals surface area (Å²) >= 11 is 0. The molecule has 22 heavy (non-hydrogen) atoms. The van der Waals surface area contributed by atoms with Gasteiger partial charge >= 0.3 is 5.65 Å². The lowest BCUT2D eigenvalue weighted by Gasteiger charge is -2.07. The number of fused-ring (bicyclic) bond motifs is 3. The highest BCUT2D eigenvalue weighted by Crippen LogP contribution is 2.20. The Kier molecular flexibility index (Phi) is 2.93. The SMILES string of the molecule is Cc1ccc(Nc2ccc3nnc4cccc[n+]4c3c2)cc1. The summed E-state index contributed by atoms with van der Waals surface area (Å²) < 4.78 is 2.04. The van der Waals surface area contributed by atoms with E-state index in [-0.39, 0.29) is 0 Å². The zero-order valence-corrected chi connectivity index (χ0v) is 12.2. The van der Waals surface area contributed by atoms with E-state index in [1.165, 1.54) is 5.56 Å². The van der Waals surface area contributed by atoms with E-state index in [2.05, 4.69) is 52.8 Å². The molecular formula is C18H15N4+. The Labute approximate surface area is 128 Å². The average Bonchev–Trinajstić information content (AvgIpc) is 2.57. The highest BCUT2D eigenvalue weighted by Gasteiger charge is 2.10. The van der Waals surface area contributed by atoms with Crippen LogP contribution in [0.3, 0.4) is 0 Å². The summed E-state index contributed by atoms with van der Waals surface area (Å²) in [7, 11) is 0. The number of hydrogen-bond acceptors (Lipinski definition) is 3. The number of aryl methyl sites for hydroxylation is 1. The predicted molar refractivity (Wildman–Crippen MR) is 87.2 cm³/mol. The van der Waals surface area contributed by atoms with E-state index in [9.17, 15) is 0 Å². The molecule has 0 aliphatic rings. The van der Waals surface area contributed by atoms with Gasteiger partial charge in [-0.25, -0.2) is 0 Å². The normalized spacial score (nSPS) is 11.0. The molecule has 4 nitrogen and oxygen atoms in total. The number of hydrogen-bond donors (Lipinski definition) is 1. The Morgan fingerprint density at radius 1 is 0.864 bits per heavy atom. The molecule has 4 rings (SSSR count). The molecule has 0 aliphatic carbocycles. The second kappa shape index (κ2) is 5.07. The molecule has 0 atom stereocenters. The summed E-state index contributed by atoms with van der Waals surface area (Å²) in [5, 5.41) is 11.9. The van der Waals surface area contributed by atoms with Gasteiger partial charge in [0.05, 0.1) is 11.3 Å². The number of rotatable bonds is 2. The maximum atomic E-state index is 4.27. The van der Waals surface area contributed by atoms with E-state index >= 15 is 0 Å². The highest BCUT2D eigenvalue weighted by molar-refractivity contribution is 5.77. The third-order valence-electron chi connectivity index (χ3n) is 3.67. The molecule has 4 heteroatoms. The van der Waals surface area contributed by atoms with E-state index in [0.29, 0.717) is 0 Å². The van der Waals surface area contributed by atoms with E-state index in [1.807, 2.05) is 40.9 Å². The van der Waals surface area contributed by atoms with Gasteiger partial charge in [0.2, 0.25) is 0 Å². The van der Waals surface area contributed by atoms with Crippen LogP contribution in [0.15, 0.2) is 66.9 Å². The molecule has 0 fully saturated rings. The van der Waals surface area contributed by atoms with Crippen molar-refractivity contribution in [2.75, 3.05) is 5.32 Å². The summed E-state index contributed by atoms with van der Waals surface area (Å²) in [6, 6.07) is 20.4. The maximum Gasteiger partial charge on any atom is 0.355 e. The van der Waals surface area contributed by atoms with E-state index < -0.39 is 0 Å². The summed E-state index contributed by atoms with van der Waals surface area (Å²) in [6.07, 6.45) is 2.00. The van der Waals surface area contributed by atoms with Gasteiger partial charge in [-0.2, -0.15) is 4.40 Å². The van der Waals surface area contributed by atoms with E-state index in [0.717, 1.165) is 28.1 Å². The van der Waals surface area contributed by atoms with Crippen molar-refractivity contribution in [2.45, 2.75) is 6.92 Å². The first-order valence-corrected chi connectivity index (χ1v) is 7.20. The average molecular weight is 287 g/mol. The molecule has 4 aromatic rings. The Balaban J connectivity index is 1.82. The van der Waals surface area contributed by atoms with Crippen LogP contribution in [0, 0.1) is 6.92 Å². The minimum Gasteiger partial charge on any atom is -0.355 e. The van der Waals surface area contributed by atoms with Crippen molar-refractivity contribution in [3.8, 4) is 0 Å². The third kappa shape index (κ3) is 2.24. The number of aromatic nitrogens is 3. The number of nitrogens with one attached hydrogen (secondary N) is 1. The maximum absolute atomic E-state index is 4.27. The van der Waals surface area contributed by atoms with Gasteiger partial charge in [-0.05, 0) is 42.4 Å². The monoisotopic (exact) mass is 287 g/mol. The van der Waals surface area contributed by atoms with Gasteiger partial charge in [0.1, 0.15) is 0 Å². The summed E-state index contributed by atoms with van der Waals surface area (Å²) in [5.41, 5.74) is 6.09. The summed E-state index contributed by atoms with van der Waals surface area (Å²) in [6.45, 7) is 2.08. The zero-order chi connectivity index (χ0) is 14.9. The lowest BCUT2D eigenvalue weighted by Crippen LogP contribution is -2.24. The molecule has 1 N–H and O–H groups in total. The van der Waals surface area contributed by atoms with E-state index in [4.69, 9.17) is 0 Å².